The second-order valence-electron chi connectivity index (χ2n) is 6.64. The molecule has 1 heterocycles. The lowest BCUT2D eigenvalue weighted by atomic mass is 10.1. The molecule has 26 heavy (non-hydrogen) atoms. The van der Waals surface area contributed by atoms with Crippen molar-refractivity contribution in [2.45, 2.75) is 63.7 Å². The standard InChI is InChI=1S/C21H27ClN2O2/c1-2-3-4-5-6-7-8-17-14-23-20(24-15-17)18-11-9-16(10-12-18)13-19(22)21(25)26/h9-12,14-15,19H,2-8,13H2,1H3,(H,25,26)/t19-/m1/s1. The summed E-state index contributed by atoms with van der Waals surface area (Å²) in [6, 6.07) is 7.56. The van der Waals surface area contributed by atoms with Crippen molar-refractivity contribution in [3.8, 4) is 11.4 Å². The van der Waals surface area contributed by atoms with Crippen LogP contribution in [0.3, 0.4) is 0 Å². The van der Waals surface area contributed by atoms with Gasteiger partial charge >= 0.3 is 5.97 Å². The van der Waals surface area contributed by atoms with Gasteiger partial charge in [0.25, 0.3) is 0 Å². The SMILES string of the molecule is CCCCCCCCc1cnc(-c2ccc(C[C@@H](Cl)C(=O)O)cc2)nc1. The molecule has 4 nitrogen and oxygen atoms in total. The number of carbonyl (C=O) groups is 1. The summed E-state index contributed by atoms with van der Waals surface area (Å²) in [5, 5.41) is 7.96. The number of carboxylic acids is 1. The van der Waals surface area contributed by atoms with Crippen molar-refractivity contribution >= 4 is 17.6 Å². The Morgan fingerprint density at radius 3 is 2.23 bits per heavy atom. The van der Waals surface area contributed by atoms with Crippen molar-refractivity contribution in [2.75, 3.05) is 0 Å². The number of aryl methyl sites for hydroxylation is 1. The molecule has 2 rings (SSSR count). The molecule has 0 saturated heterocycles. The largest absolute Gasteiger partial charge is 0.480 e. The predicted molar refractivity (Wildman–Crippen MR) is 106 cm³/mol. The molecule has 0 radical (unpaired) electrons. The van der Waals surface area contributed by atoms with Crippen LogP contribution in [0.15, 0.2) is 36.7 Å². The molecule has 1 aromatic carbocycles. The normalized spacial score (nSPS) is 12.1. The fraction of sp³-hybridized carbons (Fsp3) is 0.476. The minimum absolute atomic E-state index is 0.301. The highest BCUT2D eigenvalue weighted by molar-refractivity contribution is 6.29. The maximum atomic E-state index is 10.8. The van der Waals surface area contributed by atoms with Crippen LogP contribution in [-0.2, 0) is 17.6 Å². The van der Waals surface area contributed by atoms with Crippen molar-refractivity contribution in [1.82, 2.24) is 9.97 Å². The van der Waals surface area contributed by atoms with Crippen LogP contribution < -0.4 is 0 Å². The summed E-state index contributed by atoms with van der Waals surface area (Å²) in [7, 11) is 0. The van der Waals surface area contributed by atoms with E-state index >= 15 is 0 Å². The van der Waals surface area contributed by atoms with Gasteiger partial charge in [-0.25, -0.2) is 9.97 Å². The number of benzene rings is 1. The van der Waals surface area contributed by atoms with Crippen LogP contribution in [-0.4, -0.2) is 26.4 Å². The van der Waals surface area contributed by atoms with E-state index in [9.17, 15) is 4.79 Å². The number of alkyl halides is 1. The van der Waals surface area contributed by atoms with Crippen LogP contribution in [0.5, 0.6) is 0 Å². The molecule has 0 amide bonds. The highest BCUT2D eigenvalue weighted by Crippen LogP contribution is 2.18. The molecule has 5 heteroatoms. The molecule has 0 aliphatic carbocycles. The number of unbranched alkanes of at least 4 members (excludes halogenated alkanes) is 5. The van der Waals surface area contributed by atoms with E-state index in [2.05, 4.69) is 16.9 Å². The van der Waals surface area contributed by atoms with E-state index in [0.717, 1.165) is 17.5 Å². The van der Waals surface area contributed by atoms with Gasteiger partial charge in [0.1, 0.15) is 5.38 Å². The minimum atomic E-state index is -1.000. The molecule has 0 spiro atoms. The zero-order chi connectivity index (χ0) is 18.8. The van der Waals surface area contributed by atoms with E-state index in [1.165, 1.54) is 44.1 Å². The van der Waals surface area contributed by atoms with Gasteiger partial charge in [-0.1, -0.05) is 63.3 Å². The summed E-state index contributed by atoms with van der Waals surface area (Å²) < 4.78 is 0. The topological polar surface area (TPSA) is 63.1 Å². The number of hydrogen-bond acceptors (Lipinski definition) is 3. The maximum absolute atomic E-state index is 10.8. The Balaban J connectivity index is 1.84. The van der Waals surface area contributed by atoms with Crippen LogP contribution >= 0.6 is 11.6 Å². The first-order chi connectivity index (χ1) is 12.6. The fourth-order valence-corrected chi connectivity index (χ4v) is 3.00. The van der Waals surface area contributed by atoms with E-state index < -0.39 is 11.3 Å². The van der Waals surface area contributed by atoms with Crippen molar-refractivity contribution in [2.24, 2.45) is 0 Å². The van der Waals surface area contributed by atoms with E-state index in [1.807, 2.05) is 36.7 Å². The van der Waals surface area contributed by atoms with Gasteiger partial charge < -0.3 is 5.11 Å². The summed E-state index contributed by atoms with van der Waals surface area (Å²) in [5.41, 5.74) is 2.98. The molecule has 0 aliphatic heterocycles. The Hall–Kier alpha value is -1.94. The van der Waals surface area contributed by atoms with Crippen molar-refractivity contribution in [1.29, 1.82) is 0 Å². The Morgan fingerprint density at radius 2 is 1.62 bits per heavy atom. The third-order valence-electron chi connectivity index (χ3n) is 4.42. The fourth-order valence-electron chi connectivity index (χ4n) is 2.83. The van der Waals surface area contributed by atoms with E-state index in [-0.39, 0.29) is 0 Å². The highest BCUT2D eigenvalue weighted by atomic mass is 35.5. The van der Waals surface area contributed by atoms with Gasteiger partial charge in [0.15, 0.2) is 5.82 Å². The molecule has 0 aliphatic rings. The van der Waals surface area contributed by atoms with Crippen LogP contribution in [0, 0.1) is 0 Å². The molecular weight excluding hydrogens is 348 g/mol. The molecule has 0 fully saturated rings. The quantitative estimate of drug-likeness (QED) is 0.429. The lowest BCUT2D eigenvalue weighted by Crippen LogP contribution is -2.15. The minimum Gasteiger partial charge on any atom is -0.480 e. The van der Waals surface area contributed by atoms with E-state index in [1.54, 1.807) is 0 Å². The average Bonchev–Trinajstić information content (AvgIpc) is 2.65. The molecule has 1 aromatic heterocycles. The summed E-state index contributed by atoms with van der Waals surface area (Å²) in [4.78, 5) is 19.7. The summed E-state index contributed by atoms with van der Waals surface area (Å²) in [6.07, 6.45) is 12.8. The van der Waals surface area contributed by atoms with Crippen LogP contribution in [0.4, 0.5) is 0 Å². The molecule has 2 aromatic rings. The van der Waals surface area contributed by atoms with Gasteiger partial charge in [0.05, 0.1) is 0 Å². The third-order valence-corrected chi connectivity index (χ3v) is 4.76. The first kappa shape index (κ1) is 20.4. The number of nitrogens with zero attached hydrogens (tertiary/aromatic N) is 2. The van der Waals surface area contributed by atoms with Crippen molar-refractivity contribution < 1.29 is 9.90 Å². The number of hydrogen-bond donors (Lipinski definition) is 1. The number of halogens is 1. The second kappa shape index (κ2) is 10.9. The molecular formula is C21H27ClN2O2. The van der Waals surface area contributed by atoms with Gasteiger partial charge in [-0.3, -0.25) is 4.79 Å². The lowest BCUT2D eigenvalue weighted by Gasteiger charge is -2.06. The summed E-state index contributed by atoms with van der Waals surface area (Å²) in [6.45, 7) is 2.23. The first-order valence-electron chi connectivity index (χ1n) is 9.37. The summed E-state index contributed by atoms with van der Waals surface area (Å²) >= 11 is 5.78. The van der Waals surface area contributed by atoms with Gasteiger partial charge in [-0.05, 0) is 30.4 Å². The number of aliphatic carboxylic acids is 1. The zero-order valence-electron chi connectivity index (χ0n) is 15.3. The molecule has 1 N–H and O–H groups in total. The van der Waals surface area contributed by atoms with E-state index in [4.69, 9.17) is 16.7 Å². The maximum Gasteiger partial charge on any atom is 0.321 e. The van der Waals surface area contributed by atoms with E-state index in [0.29, 0.717) is 12.2 Å². The predicted octanol–water partition coefficient (Wildman–Crippen LogP) is 5.28. The molecule has 140 valence electrons. The van der Waals surface area contributed by atoms with Crippen molar-refractivity contribution in [3.63, 3.8) is 0 Å². The Kier molecular flexibility index (Phi) is 8.56. The van der Waals surface area contributed by atoms with Gasteiger partial charge in [-0.15, -0.1) is 11.6 Å². The van der Waals surface area contributed by atoms with Crippen molar-refractivity contribution in [3.05, 3.63) is 47.8 Å². The van der Waals surface area contributed by atoms with Crippen LogP contribution in [0.25, 0.3) is 11.4 Å². The zero-order valence-corrected chi connectivity index (χ0v) is 16.1. The molecule has 0 unspecified atom stereocenters. The third kappa shape index (κ3) is 6.75. The van der Waals surface area contributed by atoms with Crippen LogP contribution in [0.2, 0.25) is 0 Å². The average molecular weight is 375 g/mol. The lowest BCUT2D eigenvalue weighted by molar-refractivity contribution is -0.136. The Morgan fingerprint density at radius 1 is 1.00 bits per heavy atom. The van der Waals surface area contributed by atoms with Gasteiger partial charge in [0, 0.05) is 18.0 Å². The van der Waals surface area contributed by atoms with Crippen LogP contribution in [0.1, 0.15) is 56.6 Å². The smallest absolute Gasteiger partial charge is 0.321 e. The number of rotatable bonds is 11. The second-order valence-corrected chi connectivity index (χ2v) is 7.17. The molecule has 1 atom stereocenters. The number of aromatic nitrogens is 2. The summed E-state index contributed by atoms with van der Waals surface area (Å²) in [5.74, 6) is -0.316. The Bertz CT molecular complexity index is 671. The first-order valence-corrected chi connectivity index (χ1v) is 9.81. The molecule has 0 bridgehead atoms. The van der Waals surface area contributed by atoms with Gasteiger partial charge in [-0.2, -0.15) is 0 Å². The molecule has 0 saturated carbocycles. The Labute approximate surface area is 160 Å². The van der Waals surface area contributed by atoms with Gasteiger partial charge in [0.2, 0.25) is 0 Å². The monoisotopic (exact) mass is 374 g/mol. The number of carboxylic acid groups (broad SMARTS) is 1. The highest BCUT2D eigenvalue weighted by Gasteiger charge is 2.14.